The summed E-state index contributed by atoms with van der Waals surface area (Å²) in [6.07, 6.45) is 3.61. The molecule has 0 radical (unpaired) electrons. The highest BCUT2D eigenvalue weighted by Gasteiger charge is 2.18. The molecule has 2 atom stereocenters. The number of hydrogen-bond acceptors (Lipinski definition) is 3. The van der Waals surface area contributed by atoms with E-state index in [1.165, 1.54) is 12.5 Å². The van der Waals surface area contributed by atoms with Gasteiger partial charge in [-0.1, -0.05) is 6.07 Å². The van der Waals surface area contributed by atoms with E-state index in [0.29, 0.717) is 5.69 Å². The van der Waals surface area contributed by atoms with Gasteiger partial charge in [-0.15, -0.1) is 0 Å². The van der Waals surface area contributed by atoms with Gasteiger partial charge >= 0.3 is 0 Å². The number of nitrogens with two attached hydrogens (primary N) is 1. The number of anilines is 1. The lowest BCUT2D eigenvalue weighted by Gasteiger charge is -2.29. The van der Waals surface area contributed by atoms with Crippen molar-refractivity contribution in [3.05, 3.63) is 29.6 Å². The first-order chi connectivity index (χ1) is 9.08. The topological polar surface area (TPSA) is 38.5 Å². The molecule has 2 N–H and O–H groups in total. The maximum Gasteiger partial charge on any atom is 0.146 e. The highest BCUT2D eigenvalue weighted by atomic mass is 19.1. The van der Waals surface area contributed by atoms with Gasteiger partial charge in [0.25, 0.3) is 0 Å². The van der Waals surface area contributed by atoms with Crippen LogP contribution in [0, 0.1) is 5.82 Å². The van der Waals surface area contributed by atoms with Crippen molar-refractivity contribution in [3.63, 3.8) is 0 Å². The maximum atomic E-state index is 14.1. The van der Waals surface area contributed by atoms with Crippen LogP contribution in [0.5, 0.6) is 0 Å². The Morgan fingerprint density at radius 2 is 2.26 bits per heavy atom. The van der Waals surface area contributed by atoms with E-state index in [1.54, 1.807) is 6.07 Å². The average molecular weight is 266 g/mol. The summed E-state index contributed by atoms with van der Waals surface area (Å²) < 4.78 is 19.8. The number of ether oxygens (including phenoxy) is 1. The lowest BCUT2D eigenvalue weighted by atomic mass is 10.1. The van der Waals surface area contributed by atoms with Gasteiger partial charge < -0.3 is 15.4 Å². The SMILES string of the molecule is CC(N)c1ccc(N(C)CC2CCCCO2)c(F)c1. The van der Waals surface area contributed by atoms with Crippen molar-refractivity contribution < 1.29 is 9.13 Å². The molecule has 3 nitrogen and oxygen atoms in total. The molecule has 0 bridgehead atoms. The Morgan fingerprint density at radius 3 is 2.84 bits per heavy atom. The van der Waals surface area contributed by atoms with Gasteiger partial charge in [-0.05, 0) is 43.9 Å². The molecule has 1 saturated heterocycles. The second-order valence-electron chi connectivity index (χ2n) is 5.37. The lowest BCUT2D eigenvalue weighted by molar-refractivity contribution is 0.0215. The van der Waals surface area contributed by atoms with Crippen molar-refractivity contribution >= 4 is 5.69 Å². The Kier molecular flexibility index (Phi) is 4.77. The van der Waals surface area contributed by atoms with Gasteiger partial charge in [0.2, 0.25) is 0 Å². The minimum Gasteiger partial charge on any atom is -0.376 e. The molecule has 1 fully saturated rings. The molecule has 106 valence electrons. The molecule has 0 aliphatic carbocycles. The van der Waals surface area contributed by atoms with E-state index in [2.05, 4.69) is 0 Å². The number of rotatable bonds is 4. The molecule has 1 aromatic rings. The van der Waals surface area contributed by atoms with Crippen LogP contribution in [0.15, 0.2) is 18.2 Å². The van der Waals surface area contributed by atoms with Crippen LogP contribution in [0.2, 0.25) is 0 Å². The van der Waals surface area contributed by atoms with Gasteiger partial charge in [0.1, 0.15) is 5.82 Å². The number of nitrogens with zero attached hydrogens (tertiary/aromatic N) is 1. The van der Waals surface area contributed by atoms with Crippen LogP contribution < -0.4 is 10.6 Å². The van der Waals surface area contributed by atoms with Crippen LogP contribution in [0.25, 0.3) is 0 Å². The minimum absolute atomic E-state index is 0.143. The van der Waals surface area contributed by atoms with Crippen LogP contribution in [-0.4, -0.2) is 26.3 Å². The summed E-state index contributed by atoms with van der Waals surface area (Å²) >= 11 is 0. The van der Waals surface area contributed by atoms with Crippen LogP contribution >= 0.6 is 0 Å². The molecule has 0 aromatic heterocycles. The van der Waals surface area contributed by atoms with Crippen LogP contribution in [0.3, 0.4) is 0 Å². The largest absolute Gasteiger partial charge is 0.376 e. The smallest absolute Gasteiger partial charge is 0.146 e. The summed E-state index contributed by atoms with van der Waals surface area (Å²) in [5.41, 5.74) is 7.19. The predicted octanol–water partition coefficient (Wildman–Crippen LogP) is 2.85. The highest BCUT2D eigenvalue weighted by molar-refractivity contribution is 5.49. The monoisotopic (exact) mass is 266 g/mol. The molecular weight excluding hydrogens is 243 g/mol. The zero-order valence-corrected chi connectivity index (χ0v) is 11.7. The molecule has 2 rings (SSSR count). The first-order valence-corrected chi connectivity index (χ1v) is 6.95. The first kappa shape index (κ1) is 14.3. The zero-order chi connectivity index (χ0) is 13.8. The minimum atomic E-state index is -0.215. The molecule has 1 aliphatic rings. The molecule has 1 aliphatic heterocycles. The number of halogens is 1. The van der Waals surface area contributed by atoms with Crippen LogP contribution in [0.4, 0.5) is 10.1 Å². The summed E-state index contributed by atoms with van der Waals surface area (Å²) in [7, 11) is 1.90. The Morgan fingerprint density at radius 1 is 1.47 bits per heavy atom. The van der Waals surface area contributed by atoms with E-state index in [4.69, 9.17) is 10.5 Å². The van der Waals surface area contributed by atoms with Gasteiger partial charge in [-0.2, -0.15) is 0 Å². The summed E-state index contributed by atoms with van der Waals surface area (Å²) in [6.45, 7) is 3.41. The fourth-order valence-corrected chi connectivity index (χ4v) is 2.47. The number of benzene rings is 1. The summed E-state index contributed by atoms with van der Waals surface area (Å²) in [5, 5.41) is 0. The lowest BCUT2D eigenvalue weighted by Crippen LogP contribution is -2.33. The molecule has 0 saturated carbocycles. The Balaban J connectivity index is 2.03. The molecule has 19 heavy (non-hydrogen) atoms. The zero-order valence-electron chi connectivity index (χ0n) is 11.7. The van der Waals surface area contributed by atoms with E-state index in [9.17, 15) is 4.39 Å². The Labute approximate surface area is 114 Å². The van der Waals surface area contributed by atoms with Crippen molar-refractivity contribution in [1.82, 2.24) is 0 Å². The van der Waals surface area contributed by atoms with Gasteiger partial charge in [0, 0.05) is 26.2 Å². The molecule has 2 unspecified atom stereocenters. The fraction of sp³-hybridized carbons (Fsp3) is 0.600. The van der Waals surface area contributed by atoms with Crippen molar-refractivity contribution in [2.24, 2.45) is 5.73 Å². The summed E-state index contributed by atoms with van der Waals surface area (Å²) in [5.74, 6) is -0.215. The Bertz CT molecular complexity index is 417. The summed E-state index contributed by atoms with van der Waals surface area (Å²) in [6, 6.07) is 5.08. The van der Waals surface area contributed by atoms with Crippen molar-refractivity contribution in [3.8, 4) is 0 Å². The second kappa shape index (κ2) is 6.35. The number of hydrogen-bond donors (Lipinski definition) is 1. The van der Waals surface area contributed by atoms with Gasteiger partial charge in [0.15, 0.2) is 0 Å². The molecule has 4 heteroatoms. The molecular formula is C15H23FN2O. The van der Waals surface area contributed by atoms with Crippen LogP contribution in [0.1, 0.15) is 37.8 Å². The third-order valence-electron chi connectivity index (χ3n) is 3.66. The van der Waals surface area contributed by atoms with Crippen molar-refractivity contribution in [2.45, 2.75) is 38.3 Å². The average Bonchev–Trinajstić information content (AvgIpc) is 2.39. The van der Waals surface area contributed by atoms with E-state index in [0.717, 1.165) is 31.6 Å². The van der Waals surface area contributed by atoms with Gasteiger partial charge in [-0.25, -0.2) is 4.39 Å². The third-order valence-corrected chi connectivity index (χ3v) is 3.66. The normalized spacial score (nSPS) is 21.2. The highest BCUT2D eigenvalue weighted by Crippen LogP contribution is 2.23. The van der Waals surface area contributed by atoms with E-state index in [1.807, 2.05) is 24.9 Å². The quantitative estimate of drug-likeness (QED) is 0.910. The standard InChI is InChI=1S/C15H23FN2O/c1-11(17)12-6-7-15(14(16)9-12)18(2)10-13-5-3-4-8-19-13/h6-7,9,11,13H,3-5,8,10,17H2,1-2H3. The second-order valence-corrected chi connectivity index (χ2v) is 5.37. The van der Waals surface area contributed by atoms with E-state index in [-0.39, 0.29) is 18.0 Å². The molecule has 1 heterocycles. The van der Waals surface area contributed by atoms with Crippen molar-refractivity contribution in [2.75, 3.05) is 25.1 Å². The Hall–Kier alpha value is -1.13. The van der Waals surface area contributed by atoms with E-state index >= 15 is 0 Å². The van der Waals surface area contributed by atoms with E-state index < -0.39 is 0 Å². The molecule has 1 aromatic carbocycles. The van der Waals surface area contributed by atoms with Crippen LogP contribution in [-0.2, 0) is 4.74 Å². The summed E-state index contributed by atoms with van der Waals surface area (Å²) in [4.78, 5) is 1.93. The molecule has 0 spiro atoms. The third kappa shape index (κ3) is 3.67. The number of likely N-dealkylation sites (N-methyl/N-ethyl adjacent to an activating group) is 1. The first-order valence-electron chi connectivity index (χ1n) is 6.95. The fourth-order valence-electron chi connectivity index (χ4n) is 2.47. The van der Waals surface area contributed by atoms with Gasteiger partial charge in [-0.3, -0.25) is 0 Å². The van der Waals surface area contributed by atoms with Crippen molar-refractivity contribution in [1.29, 1.82) is 0 Å². The predicted molar refractivity (Wildman–Crippen MR) is 75.9 cm³/mol. The van der Waals surface area contributed by atoms with Gasteiger partial charge in [0.05, 0.1) is 11.8 Å². The molecule has 0 amide bonds. The maximum absolute atomic E-state index is 14.1.